The van der Waals surface area contributed by atoms with Gasteiger partial charge in [-0.3, -0.25) is 0 Å². The van der Waals surface area contributed by atoms with Crippen molar-refractivity contribution in [3.63, 3.8) is 0 Å². The van der Waals surface area contributed by atoms with E-state index in [0.29, 0.717) is 0 Å². The fourth-order valence-electron chi connectivity index (χ4n) is 2.74. The van der Waals surface area contributed by atoms with E-state index in [1.54, 1.807) is 0 Å². The molecular formula is C15H29N3. The normalized spacial score (nSPS) is 19.4. The van der Waals surface area contributed by atoms with Crippen LogP contribution in [0.4, 0.5) is 0 Å². The number of rotatable bonds is 7. The zero-order chi connectivity index (χ0) is 13.2. The van der Waals surface area contributed by atoms with E-state index in [1.807, 2.05) is 0 Å². The van der Waals surface area contributed by atoms with Crippen molar-refractivity contribution < 1.29 is 0 Å². The first-order chi connectivity index (χ1) is 8.77. The van der Waals surface area contributed by atoms with E-state index in [1.165, 1.54) is 38.5 Å². The van der Waals surface area contributed by atoms with Gasteiger partial charge in [0.15, 0.2) is 0 Å². The lowest BCUT2D eigenvalue weighted by atomic mass is 10.1. The van der Waals surface area contributed by atoms with Crippen LogP contribution in [-0.2, 0) is 0 Å². The molecule has 0 saturated heterocycles. The molecule has 3 nitrogen and oxygen atoms in total. The van der Waals surface area contributed by atoms with Crippen LogP contribution >= 0.6 is 0 Å². The van der Waals surface area contributed by atoms with E-state index < -0.39 is 0 Å². The predicted octanol–water partition coefficient (Wildman–Crippen LogP) is 2.92. The predicted molar refractivity (Wildman–Crippen MR) is 76.4 cm³/mol. The highest BCUT2D eigenvalue weighted by atomic mass is 15.1. The van der Waals surface area contributed by atoms with Crippen LogP contribution in [0.2, 0.25) is 0 Å². The molecule has 3 heteroatoms. The van der Waals surface area contributed by atoms with Gasteiger partial charge in [-0.2, -0.15) is 5.26 Å². The minimum Gasteiger partial charge on any atom is -0.303 e. The van der Waals surface area contributed by atoms with Crippen molar-refractivity contribution in [3.05, 3.63) is 0 Å². The summed E-state index contributed by atoms with van der Waals surface area (Å²) in [5, 5.41) is 12.4. The lowest BCUT2D eigenvalue weighted by Crippen LogP contribution is -2.37. The van der Waals surface area contributed by atoms with Gasteiger partial charge in [0.2, 0.25) is 0 Å². The molecule has 0 aliphatic heterocycles. The standard InChI is InChI=1S/C15H29N3/c1-3-11-17-14(13-16)10-12-18(2)15-8-6-4-5-7-9-15/h14-15,17H,3-12H2,1-2H3. The third-order valence-corrected chi connectivity index (χ3v) is 4.02. The summed E-state index contributed by atoms with van der Waals surface area (Å²) in [6, 6.07) is 3.14. The van der Waals surface area contributed by atoms with Gasteiger partial charge in [0.05, 0.1) is 12.1 Å². The second-order valence-electron chi connectivity index (χ2n) is 5.55. The maximum Gasteiger partial charge on any atom is 0.0965 e. The van der Waals surface area contributed by atoms with Crippen molar-refractivity contribution in [1.29, 1.82) is 5.26 Å². The highest BCUT2D eigenvalue weighted by molar-refractivity contribution is 4.90. The minimum absolute atomic E-state index is 0.0261. The fourth-order valence-corrected chi connectivity index (χ4v) is 2.74. The summed E-state index contributed by atoms with van der Waals surface area (Å²) in [5.74, 6) is 0. The number of hydrogen-bond acceptors (Lipinski definition) is 3. The quantitative estimate of drug-likeness (QED) is 0.707. The second-order valence-corrected chi connectivity index (χ2v) is 5.55. The van der Waals surface area contributed by atoms with Crippen molar-refractivity contribution in [3.8, 4) is 6.07 Å². The molecule has 104 valence electrons. The van der Waals surface area contributed by atoms with Crippen molar-refractivity contribution in [2.45, 2.75) is 70.4 Å². The van der Waals surface area contributed by atoms with Gasteiger partial charge in [-0.05, 0) is 39.3 Å². The van der Waals surface area contributed by atoms with Crippen LogP contribution in [0.15, 0.2) is 0 Å². The molecule has 1 fully saturated rings. The van der Waals surface area contributed by atoms with Gasteiger partial charge in [-0.25, -0.2) is 0 Å². The zero-order valence-electron chi connectivity index (χ0n) is 12.1. The van der Waals surface area contributed by atoms with E-state index in [0.717, 1.165) is 32.0 Å². The van der Waals surface area contributed by atoms with Crippen LogP contribution < -0.4 is 5.32 Å². The average molecular weight is 251 g/mol. The Morgan fingerprint density at radius 1 is 1.28 bits per heavy atom. The molecule has 1 unspecified atom stereocenters. The Balaban J connectivity index is 2.25. The third kappa shape index (κ3) is 5.84. The summed E-state index contributed by atoms with van der Waals surface area (Å²) in [6.45, 7) is 4.13. The highest BCUT2D eigenvalue weighted by Crippen LogP contribution is 2.21. The lowest BCUT2D eigenvalue weighted by Gasteiger charge is -2.27. The molecule has 0 heterocycles. The maximum absolute atomic E-state index is 9.09. The molecule has 1 saturated carbocycles. The van der Waals surface area contributed by atoms with Gasteiger partial charge in [-0.15, -0.1) is 0 Å². The molecule has 0 spiro atoms. The Bertz CT molecular complexity index is 239. The molecule has 0 radical (unpaired) electrons. The fraction of sp³-hybridized carbons (Fsp3) is 0.933. The van der Waals surface area contributed by atoms with Crippen molar-refractivity contribution >= 4 is 0 Å². The molecule has 0 amide bonds. The summed E-state index contributed by atoms with van der Waals surface area (Å²) in [7, 11) is 2.23. The zero-order valence-corrected chi connectivity index (χ0v) is 12.1. The molecule has 1 atom stereocenters. The van der Waals surface area contributed by atoms with E-state index in [9.17, 15) is 0 Å². The summed E-state index contributed by atoms with van der Waals surface area (Å²) >= 11 is 0. The topological polar surface area (TPSA) is 39.1 Å². The van der Waals surface area contributed by atoms with Crippen LogP contribution in [0.25, 0.3) is 0 Å². The summed E-state index contributed by atoms with van der Waals surface area (Å²) < 4.78 is 0. The van der Waals surface area contributed by atoms with E-state index >= 15 is 0 Å². The number of nitriles is 1. The average Bonchev–Trinajstić information content (AvgIpc) is 2.67. The SMILES string of the molecule is CCCNC(C#N)CCN(C)C1CCCCCC1. The molecule has 0 aromatic carbocycles. The van der Waals surface area contributed by atoms with Gasteiger partial charge >= 0.3 is 0 Å². The second kappa shape index (κ2) is 9.35. The van der Waals surface area contributed by atoms with Crippen molar-refractivity contribution in [1.82, 2.24) is 10.2 Å². The van der Waals surface area contributed by atoms with Crippen molar-refractivity contribution in [2.24, 2.45) is 0 Å². The summed E-state index contributed by atoms with van der Waals surface area (Å²) in [5.41, 5.74) is 0. The Kier molecular flexibility index (Phi) is 8.04. The first kappa shape index (κ1) is 15.5. The van der Waals surface area contributed by atoms with Crippen LogP contribution in [0.3, 0.4) is 0 Å². The van der Waals surface area contributed by atoms with E-state index in [-0.39, 0.29) is 6.04 Å². The number of nitrogens with zero attached hydrogens (tertiary/aromatic N) is 2. The lowest BCUT2D eigenvalue weighted by molar-refractivity contribution is 0.214. The van der Waals surface area contributed by atoms with E-state index in [2.05, 4.69) is 30.3 Å². The Hall–Kier alpha value is -0.590. The van der Waals surface area contributed by atoms with Gasteiger partial charge < -0.3 is 10.2 Å². The monoisotopic (exact) mass is 251 g/mol. The highest BCUT2D eigenvalue weighted by Gasteiger charge is 2.17. The maximum atomic E-state index is 9.09. The first-order valence-electron chi connectivity index (χ1n) is 7.61. The van der Waals surface area contributed by atoms with Crippen LogP contribution in [0, 0.1) is 11.3 Å². The Labute approximate surface area is 113 Å². The molecule has 0 aromatic rings. The number of hydrogen-bond donors (Lipinski definition) is 1. The molecular weight excluding hydrogens is 222 g/mol. The van der Waals surface area contributed by atoms with Gasteiger partial charge in [-0.1, -0.05) is 32.6 Å². The van der Waals surface area contributed by atoms with Crippen molar-refractivity contribution in [2.75, 3.05) is 20.1 Å². The molecule has 0 aromatic heterocycles. The van der Waals surface area contributed by atoms with Crippen LogP contribution in [-0.4, -0.2) is 37.1 Å². The van der Waals surface area contributed by atoms with Gasteiger partial charge in [0.25, 0.3) is 0 Å². The largest absolute Gasteiger partial charge is 0.303 e. The molecule has 0 bridgehead atoms. The van der Waals surface area contributed by atoms with E-state index in [4.69, 9.17) is 5.26 Å². The molecule has 1 N–H and O–H groups in total. The molecule has 1 aliphatic carbocycles. The molecule has 18 heavy (non-hydrogen) atoms. The van der Waals surface area contributed by atoms with Gasteiger partial charge in [0.1, 0.15) is 0 Å². The first-order valence-corrected chi connectivity index (χ1v) is 7.61. The molecule has 1 aliphatic rings. The molecule has 1 rings (SSSR count). The van der Waals surface area contributed by atoms with Crippen LogP contribution in [0.1, 0.15) is 58.3 Å². The summed E-state index contributed by atoms with van der Waals surface area (Å²) in [6.07, 6.45) is 10.3. The van der Waals surface area contributed by atoms with Crippen LogP contribution in [0.5, 0.6) is 0 Å². The summed E-state index contributed by atoms with van der Waals surface area (Å²) in [4.78, 5) is 2.48. The smallest absolute Gasteiger partial charge is 0.0965 e. The Morgan fingerprint density at radius 2 is 1.94 bits per heavy atom. The number of nitrogens with one attached hydrogen (secondary N) is 1. The third-order valence-electron chi connectivity index (χ3n) is 4.02. The van der Waals surface area contributed by atoms with Gasteiger partial charge in [0, 0.05) is 12.6 Å². The Morgan fingerprint density at radius 3 is 2.50 bits per heavy atom. The minimum atomic E-state index is 0.0261.